The van der Waals surface area contributed by atoms with E-state index >= 15 is 0 Å². The van der Waals surface area contributed by atoms with E-state index in [1.165, 1.54) is 12.1 Å². The van der Waals surface area contributed by atoms with Crippen molar-refractivity contribution in [3.63, 3.8) is 0 Å². The molecule has 5 rings (SSSR count). The molecule has 2 aromatic heterocycles. The Kier molecular flexibility index (Phi) is 7.09. The highest BCUT2D eigenvalue weighted by molar-refractivity contribution is 6.39. The number of ether oxygens (including phenoxy) is 1. The van der Waals surface area contributed by atoms with Crippen molar-refractivity contribution in [1.29, 1.82) is 0 Å². The van der Waals surface area contributed by atoms with Gasteiger partial charge in [-0.1, -0.05) is 40.8 Å². The number of aryl methyl sites for hydroxylation is 1. The van der Waals surface area contributed by atoms with E-state index < -0.39 is 5.97 Å². The molecule has 9 heteroatoms. The summed E-state index contributed by atoms with van der Waals surface area (Å²) in [5, 5.41) is 14.5. The van der Waals surface area contributed by atoms with Crippen LogP contribution < -0.4 is 0 Å². The molecule has 0 atom stereocenters. The smallest absolute Gasteiger partial charge is 0.335 e. The number of hydrogen-bond donors (Lipinski definition) is 1. The van der Waals surface area contributed by atoms with Gasteiger partial charge in [0.15, 0.2) is 11.5 Å². The fourth-order valence-electron chi connectivity index (χ4n) is 4.09. The molecular weight excluding hydrogens is 491 g/mol. The number of oxazole rings is 1. The lowest BCUT2D eigenvalue weighted by molar-refractivity contribution is 0.0697. The number of aromatic nitrogens is 2. The Hall–Kier alpha value is -2.87. The zero-order valence-corrected chi connectivity index (χ0v) is 20.4. The summed E-state index contributed by atoms with van der Waals surface area (Å²) in [6.45, 7) is 0.990. The van der Waals surface area contributed by atoms with Gasteiger partial charge in [0.05, 0.1) is 22.2 Å². The monoisotopic (exact) mass is 514 g/mol. The summed E-state index contributed by atoms with van der Waals surface area (Å²) in [4.78, 5) is 15.5. The Bertz CT molecular complexity index is 1340. The van der Waals surface area contributed by atoms with Crippen LogP contribution in [0.4, 0.5) is 0 Å². The van der Waals surface area contributed by atoms with Crippen LogP contribution >= 0.6 is 23.2 Å². The summed E-state index contributed by atoms with van der Waals surface area (Å²) >= 11 is 12.8. The van der Waals surface area contributed by atoms with Gasteiger partial charge in [-0.15, -0.1) is 0 Å². The highest BCUT2D eigenvalue weighted by Gasteiger charge is 2.33. The van der Waals surface area contributed by atoms with E-state index in [0.29, 0.717) is 63.8 Å². The average Bonchev–Trinajstić information content (AvgIpc) is 3.46. The fraction of sp³-hybridized carbons (Fsp3) is 0.346. The van der Waals surface area contributed by atoms with E-state index in [0.717, 1.165) is 43.4 Å². The Morgan fingerprint density at radius 3 is 2.66 bits per heavy atom. The van der Waals surface area contributed by atoms with E-state index in [9.17, 15) is 4.79 Å². The number of fused-ring (bicyclic) bond motifs is 1. The van der Waals surface area contributed by atoms with Gasteiger partial charge in [-0.3, -0.25) is 0 Å². The van der Waals surface area contributed by atoms with Crippen LogP contribution in [0.5, 0.6) is 0 Å². The van der Waals surface area contributed by atoms with Crippen LogP contribution in [0.3, 0.4) is 0 Å². The molecule has 0 saturated heterocycles. The highest BCUT2D eigenvalue weighted by Crippen LogP contribution is 2.46. The van der Waals surface area contributed by atoms with Crippen LogP contribution in [-0.4, -0.2) is 27.8 Å². The molecule has 4 aromatic rings. The predicted octanol–water partition coefficient (Wildman–Crippen LogP) is 7.29. The van der Waals surface area contributed by atoms with E-state index in [2.05, 4.69) is 10.1 Å². The molecule has 0 amide bonds. The van der Waals surface area contributed by atoms with Crippen LogP contribution in [0.1, 0.15) is 65.6 Å². The molecule has 1 N–H and O–H groups in total. The Balaban J connectivity index is 1.13. The van der Waals surface area contributed by atoms with Crippen molar-refractivity contribution in [3.05, 3.63) is 69.2 Å². The third-order valence-corrected chi connectivity index (χ3v) is 6.70. The second-order valence-corrected chi connectivity index (χ2v) is 9.52. The number of unbranched alkanes of at least 4 members (excludes halogenated alkanes) is 2. The van der Waals surface area contributed by atoms with E-state index in [1.807, 2.05) is 0 Å². The second kappa shape index (κ2) is 10.4. The van der Waals surface area contributed by atoms with Crippen molar-refractivity contribution in [2.75, 3.05) is 6.61 Å². The number of rotatable bonds is 11. The number of hydrogen-bond acceptors (Lipinski definition) is 6. The zero-order valence-electron chi connectivity index (χ0n) is 18.9. The van der Waals surface area contributed by atoms with Gasteiger partial charge in [-0.25, -0.2) is 9.78 Å². The summed E-state index contributed by atoms with van der Waals surface area (Å²) < 4.78 is 17.4. The first-order valence-electron chi connectivity index (χ1n) is 11.6. The SMILES string of the molecule is O=C(O)c1ccc2nc(CCCCCOCc3c(-c4c(Cl)cccc4Cl)noc3C3CC3)oc2c1. The Labute approximate surface area is 212 Å². The normalized spacial score (nSPS) is 13.5. The van der Waals surface area contributed by atoms with Gasteiger partial charge >= 0.3 is 5.97 Å². The molecule has 2 aromatic carbocycles. The molecule has 7 nitrogen and oxygen atoms in total. The average molecular weight is 515 g/mol. The lowest BCUT2D eigenvalue weighted by Gasteiger charge is -2.08. The number of carboxylic acid groups (broad SMARTS) is 1. The molecular formula is C26H24Cl2N2O5. The van der Waals surface area contributed by atoms with E-state index in [-0.39, 0.29) is 5.56 Å². The van der Waals surface area contributed by atoms with Gasteiger partial charge in [0, 0.05) is 30.1 Å². The van der Waals surface area contributed by atoms with Gasteiger partial charge in [-0.05, 0) is 56.0 Å². The van der Waals surface area contributed by atoms with Crippen molar-refractivity contribution in [3.8, 4) is 11.3 Å². The number of carboxylic acids is 1. The van der Waals surface area contributed by atoms with Crippen molar-refractivity contribution in [2.24, 2.45) is 0 Å². The first-order valence-corrected chi connectivity index (χ1v) is 12.4. The van der Waals surface area contributed by atoms with Crippen LogP contribution in [0.15, 0.2) is 45.3 Å². The van der Waals surface area contributed by atoms with Crippen LogP contribution in [0.2, 0.25) is 10.0 Å². The summed E-state index contributed by atoms with van der Waals surface area (Å²) in [7, 11) is 0. The first kappa shape index (κ1) is 23.9. The van der Waals surface area contributed by atoms with E-state index in [1.54, 1.807) is 24.3 Å². The molecule has 0 radical (unpaired) electrons. The van der Waals surface area contributed by atoms with Crippen LogP contribution in [0, 0.1) is 0 Å². The van der Waals surface area contributed by atoms with Crippen molar-refractivity contribution in [1.82, 2.24) is 10.1 Å². The number of carbonyl (C=O) groups is 1. The Morgan fingerprint density at radius 2 is 1.91 bits per heavy atom. The maximum Gasteiger partial charge on any atom is 0.335 e. The first-order chi connectivity index (χ1) is 17.0. The molecule has 0 bridgehead atoms. The lowest BCUT2D eigenvalue weighted by Crippen LogP contribution is -1.99. The minimum Gasteiger partial charge on any atom is -0.478 e. The van der Waals surface area contributed by atoms with E-state index in [4.69, 9.17) is 42.0 Å². The quantitative estimate of drug-likeness (QED) is 0.209. The molecule has 1 aliphatic carbocycles. The van der Waals surface area contributed by atoms with Gasteiger partial charge in [0.25, 0.3) is 0 Å². The largest absolute Gasteiger partial charge is 0.478 e. The molecule has 1 fully saturated rings. The highest BCUT2D eigenvalue weighted by atomic mass is 35.5. The third-order valence-electron chi connectivity index (χ3n) is 6.07. The second-order valence-electron chi connectivity index (χ2n) is 8.70. The topological polar surface area (TPSA) is 98.6 Å². The molecule has 182 valence electrons. The maximum atomic E-state index is 11.1. The lowest BCUT2D eigenvalue weighted by atomic mass is 10.0. The minimum absolute atomic E-state index is 0.190. The number of aromatic carboxylic acids is 1. The van der Waals surface area contributed by atoms with Crippen molar-refractivity contribution in [2.45, 2.75) is 51.0 Å². The van der Waals surface area contributed by atoms with Gasteiger partial charge in [0.2, 0.25) is 0 Å². The van der Waals surface area contributed by atoms with Gasteiger partial charge in [-0.2, -0.15) is 0 Å². The molecule has 0 unspecified atom stereocenters. The predicted molar refractivity (Wildman–Crippen MR) is 132 cm³/mol. The summed E-state index contributed by atoms with van der Waals surface area (Å²) in [5.41, 5.74) is 3.62. The van der Waals surface area contributed by atoms with Gasteiger partial charge in [0.1, 0.15) is 17.0 Å². The molecule has 2 heterocycles. The molecule has 0 aliphatic heterocycles. The number of nitrogens with zero attached hydrogens (tertiary/aromatic N) is 2. The van der Waals surface area contributed by atoms with Crippen molar-refractivity contribution >= 4 is 40.3 Å². The summed E-state index contributed by atoms with van der Waals surface area (Å²) in [5.74, 6) is 0.891. The molecule has 0 spiro atoms. The summed E-state index contributed by atoms with van der Waals surface area (Å²) in [6.07, 6.45) is 5.58. The standard InChI is InChI=1S/C26H24Cl2N2O5/c27-18-5-4-6-19(28)23(18)24-17(25(35-30-24)15-8-9-15)14-33-12-3-1-2-7-22-29-20-11-10-16(26(31)32)13-21(20)34-22/h4-6,10-11,13,15H,1-3,7-9,12,14H2,(H,31,32). The number of benzene rings is 2. The van der Waals surface area contributed by atoms with Crippen molar-refractivity contribution < 1.29 is 23.6 Å². The molecule has 35 heavy (non-hydrogen) atoms. The van der Waals surface area contributed by atoms with Gasteiger partial charge < -0.3 is 18.8 Å². The van der Waals surface area contributed by atoms with Crippen LogP contribution in [0.25, 0.3) is 22.4 Å². The summed E-state index contributed by atoms with van der Waals surface area (Å²) in [6, 6.07) is 10.1. The fourth-order valence-corrected chi connectivity index (χ4v) is 4.67. The minimum atomic E-state index is -0.984. The van der Waals surface area contributed by atoms with Crippen LogP contribution in [-0.2, 0) is 17.8 Å². The zero-order chi connectivity index (χ0) is 24.4. The number of halogens is 2. The third kappa shape index (κ3) is 5.37. The molecule has 1 aliphatic rings. The molecule has 1 saturated carbocycles. The maximum absolute atomic E-state index is 11.1. The Morgan fingerprint density at radius 1 is 1.11 bits per heavy atom.